The maximum atomic E-state index is 11.7. The van der Waals surface area contributed by atoms with Crippen LogP contribution in [0.25, 0.3) is 0 Å². The molecule has 16 heavy (non-hydrogen) atoms. The van der Waals surface area contributed by atoms with Crippen molar-refractivity contribution in [3.05, 3.63) is 0 Å². The monoisotopic (exact) mass is 226 g/mol. The van der Waals surface area contributed by atoms with E-state index in [4.69, 9.17) is 0 Å². The quantitative estimate of drug-likeness (QED) is 0.770. The highest BCUT2D eigenvalue weighted by atomic mass is 16.2. The van der Waals surface area contributed by atoms with Crippen LogP contribution in [-0.2, 0) is 4.79 Å². The van der Waals surface area contributed by atoms with E-state index in [-0.39, 0.29) is 18.0 Å². The van der Waals surface area contributed by atoms with Crippen LogP contribution in [0.15, 0.2) is 0 Å². The Morgan fingerprint density at radius 1 is 1.31 bits per heavy atom. The van der Waals surface area contributed by atoms with Crippen LogP contribution >= 0.6 is 0 Å². The highest BCUT2D eigenvalue weighted by Gasteiger charge is 2.32. The van der Waals surface area contributed by atoms with E-state index in [1.54, 1.807) is 0 Å². The second-order valence-electron chi connectivity index (χ2n) is 6.16. The van der Waals surface area contributed by atoms with Gasteiger partial charge in [-0.25, -0.2) is 0 Å². The smallest absolute Gasteiger partial charge is 0.237 e. The van der Waals surface area contributed by atoms with Gasteiger partial charge in [-0.1, -0.05) is 13.8 Å². The minimum Gasteiger partial charge on any atom is -0.353 e. The molecule has 1 aliphatic carbocycles. The first-order valence-electron chi connectivity index (χ1n) is 6.36. The standard InChI is InChI=1S/C13H26N2O/c1-9(2)14-12(16)10(3)15-11-6-7-13(4,5)8-11/h9-11,15H,6-8H2,1-5H3,(H,14,16). The first kappa shape index (κ1) is 13.5. The van der Waals surface area contributed by atoms with Crippen molar-refractivity contribution in [3.63, 3.8) is 0 Å². The van der Waals surface area contributed by atoms with Gasteiger partial charge in [0, 0.05) is 12.1 Å². The van der Waals surface area contributed by atoms with Crippen molar-refractivity contribution in [1.29, 1.82) is 0 Å². The Labute approximate surface area is 99.4 Å². The molecule has 1 saturated carbocycles. The fourth-order valence-corrected chi connectivity index (χ4v) is 2.42. The van der Waals surface area contributed by atoms with E-state index in [9.17, 15) is 4.79 Å². The van der Waals surface area contributed by atoms with Crippen molar-refractivity contribution < 1.29 is 4.79 Å². The molecule has 0 aliphatic heterocycles. The second kappa shape index (κ2) is 5.17. The molecule has 0 saturated heterocycles. The van der Waals surface area contributed by atoms with E-state index < -0.39 is 0 Å². The Morgan fingerprint density at radius 2 is 1.94 bits per heavy atom. The van der Waals surface area contributed by atoms with Gasteiger partial charge >= 0.3 is 0 Å². The largest absolute Gasteiger partial charge is 0.353 e. The Kier molecular flexibility index (Phi) is 4.36. The van der Waals surface area contributed by atoms with Gasteiger partial charge < -0.3 is 10.6 Å². The summed E-state index contributed by atoms with van der Waals surface area (Å²) in [7, 11) is 0. The lowest BCUT2D eigenvalue weighted by atomic mass is 9.92. The molecular weight excluding hydrogens is 200 g/mol. The third kappa shape index (κ3) is 4.12. The molecule has 1 amide bonds. The highest BCUT2D eigenvalue weighted by molar-refractivity contribution is 5.81. The molecule has 2 N–H and O–H groups in total. The van der Waals surface area contributed by atoms with Crippen molar-refractivity contribution in [1.82, 2.24) is 10.6 Å². The van der Waals surface area contributed by atoms with Gasteiger partial charge in [-0.15, -0.1) is 0 Å². The summed E-state index contributed by atoms with van der Waals surface area (Å²) in [5, 5.41) is 6.36. The van der Waals surface area contributed by atoms with Crippen molar-refractivity contribution in [3.8, 4) is 0 Å². The molecule has 0 aromatic rings. The normalized spacial score (nSPS) is 25.8. The lowest BCUT2D eigenvalue weighted by Gasteiger charge is -2.22. The topological polar surface area (TPSA) is 41.1 Å². The Bertz CT molecular complexity index is 248. The highest BCUT2D eigenvalue weighted by Crippen LogP contribution is 2.36. The summed E-state index contributed by atoms with van der Waals surface area (Å²) in [5.41, 5.74) is 0.436. The second-order valence-corrected chi connectivity index (χ2v) is 6.16. The first-order valence-corrected chi connectivity index (χ1v) is 6.36. The molecule has 0 bridgehead atoms. The fourth-order valence-electron chi connectivity index (χ4n) is 2.42. The van der Waals surface area contributed by atoms with Crippen LogP contribution in [0, 0.1) is 5.41 Å². The van der Waals surface area contributed by atoms with Gasteiger partial charge in [0.05, 0.1) is 6.04 Å². The molecule has 1 fully saturated rings. The molecule has 2 unspecified atom stereocenters. The predicted molar refractivity (Wildman–Crippen MR) is 67.3 cm³/mol. The van der Waals surface area contributed by atoms with Gasteiger partial charge in [0.2, 0.25) is 5.91 Å². The average molecular weight is 226 g/mol. The van der Waals surface area contributed by atoms with Gasteiger partial charge in [-0.2, -0.15) is 0 Å². The van der Waals surface area contributed by atoms with Crippen molar-refractivity contribution in [2.24, 2.45) is 5.41 Å². The number of rotatable bonds is 4. The predicted octanol–water partition coefficient (Wildman–Crippen LogP) is 2.07. The third-order valence-corrected chi connectivity index (χ3v) is 3.28. The van der Waals surface area contributed by atoms with Crippen LogP contribution in [0.2, 0.25) is 0 Å². The molecule has 0 spiro atoms. The van der Waals surface area contributed by atoms with Gasteiger partial charge in [0.1, 0.15) is 0 Å². The third-order valence-electron chi connectivity index (χ3n) is 3.28. The van der Waals surface area contributed by atoms with Crippen molar-refractivity contribution >= 4 is 5.91 Å². The summed E-state index contributed by atoms with van der Waals surface area (Å²) < 4.78 is 0. The van der Waals surface area contributed by atoms with Crippen LogP contribution in [0.1, 0.15) is 53.9 Å². The lowest BCUT2D eigenvalue weighted by Crippen LogP contribution is -2.47. The minimum atomic E-state index is -0.0821. The SMILES string of the molecule is CC(C)NC(=O)C(C)NC1CCC(C)(C)C1. The minimum absolute atomic E-state index is 0.0821. The number of hydrogen-bond donors (Lipinski definition) is 2. The van der Waals surface area contributed by atoms with Crippen LogP contribution in [0.4, 0.5) is 0 Å². The van der Waals surface area contributed by atoms with Gasteiger partial charge in [0.15, 0.2) is 0 Å². The van der Waals surface area contributed by atoms with Crippen molar-refractivity contribution in [2.75, 3.05) is 0 Å². The summed E-state index contributed by atoms with van der Waals surface area (Å²) >= 11 is 0. The van der Waals surface area contributed by atoms with E-state index in [1.807, 2.05) is 20.8 Å². The molecule has 1 aliphatic rings. The Hall–Kier alpha value is -0.570. The molecule has 0 heterocycles. The molecule has 0 radical (unpaired) electrons. The number of carbonyl (C=O) groups excluding carboxylic acids is 1. The van der Waals surface area contributed by atoms with Crippen LogP contribution in [0.3, 0.4) is 0 Å². The number of carbonyl (C=O) groups is 1. The molecule has 3 heteroatoms. The molecule has 94 valence electrons. The zero-order chi connectivity index (χ0) is 12.3. The van der Waals surface area contributed by atoms with E-state index in [1.165, 1.54) is 19.3 Å². The number of nitrogens with one attached hydrogen (secondary N) is 2. The molecule has 0 aromatic heterocycles. The maximum Gasteiger partial charge on any atom is 0.237 e. The molecule has 1 rings (SSSR count). The zero-order valence-electron chi connectivity index (χ0n) is 11.3. The lowest BCUT2D eigenvalue weighted by molar-refractivity contribution is -0.123. The maximum absolute atomic E-state index is 11.7. The van der Waals surface area contributed by atoms with Gasteiger partial charge in [-0.3, -0.25) is 4.79 Å². The van der Waals surface area contributed by atoms with Gasteiger partial charge in [0.25, 0.3) is 0 Å². The van der Waals surface area contributed by atoms with Crippen LogP contribution in [-0.4, -0.2) is 24.0 Å². The fraction of sp³-hybridized carbons (Fsp3) is 0.923. The Balaban J connectivity index is 2.35. The van der Waals surface area contributed by atoms with E-state index >= 15 is 0 Å². The zero-order valence-corrected chi connectivity index (χ0v) is 11.3. The van der Waals surface area contributed by atoms with E-state index in [2.05, 4.69) is 24.5 Å². The number of hydrogen-bond acceptors (Lipinski definition) is 2. The average Bonchev–Trinajstić information content (AvgIpc) is 2.44. The summed E-state index contributed by atoms with van der Waals surface area (Å²) in [6, 6.07) is 0.640. The molecule has 0 aromatic carbocycles. The summed E-state index contributed by atoms with van der Waals surface area (Å²) in [6.07, 6.45) is 3.61. The van der Waals surface area contributed by atoms with E-state index in [0.29, 0.717) is 11.5 Å². The number of amides is 1. The summed E-state index contributed by atoms with van der Waals surface area (Å²) in [5.74, 6) is 0.111. The summed E-state index contributed by atoms with van der Waals surface area (Å²) in [6.45, 7) is 10.5. The van der Waals surface area contributed by atoms with Crippen molar-refractivity contribution in [2.45, 2.75) is 72.0 Å². The molecule has 2 atom stereocenters. The van der Waals surface area contributed by atoms with Crippen LogP contribution in [0.5, 0.6) is 0 Å². The van der Waals surface area contributed by atoms with E-state index in [0.717, 1.165) is 0 Å². The van der Waals surface area contributed by atoms with Gasteiger partial charge in [-0.05, 0) is 45.4 Å². The Morgan fingerprint density at radius 3 is 2.38 bits per heavy atom. The first-order chi connectivity index (χ1) is 7.30. The molecular formula is C13H26N2O. The summed E-state index contributed by atoms with van der Waals surface area (Å²) in [4.78, 5) is 11.7. The van der Waals surface area contributed by atoms with Crippen LogP contribution < -0.4 is 10.6 Å². The molecule has 3 nitrogen and oxygen atoms in total.